The molecular weight excluding hydrogens is 257 g/mol. The van der Waals surface area contributed by atoms with Crippen molar-refractivity contribution >= 4 is 23.2 Å². The molecule has 0 saturated carbocycles. The zero-order chi connectivity index (χ0) is 12.3. The van der Waals surface area contributed by atoms with Gasteiger partial charge >= 0.3 is 0 Å². The van der Waals surface area contributed by atoms with Crippen LogP contribution in [0.1, 0.15) is 30.5 Å². The van der Waals surface area contributed by atoms with Crippen molar-refractivity contribution < 1.29 is 0 Å². The van der Waals surface area contributed by atoms with Crippen molar-refractivity contribution in [1.29, 1.82) is 0 Å². The molecule has 5 heteroatoms. The summed E-state index contributed by atoms with van der Waals surface area (Å²) in [6.45, 7) is 2.15. The van der Waals surface area contributed by atoms with Gasteiger partial charge in [0.25, 0.3) is 0 Å². The van der Waals surface area contributed by atoms with Crippen molar-refractivity contribution in [3.8, 4) is 0 Å². The lowest BCUT2D eigenvalue weighted by molar-refractivity contribution is 0.648. The fourth-order valence-corrected chi connectivity index (χ4v) is 2.15. The molecule has 0 radical (unpaired) electrons. The summed E-state index contributed by atoms with van der Waals surface area (Å²) in [6, 6.07) is 5.78. The van der Waals surface area contributed by atoms with Crippen molar-refractivity contribution in [1.82, 2.24) is 15.4 Å². The summed E-state index contributed by atoms with van der Waals surface area (Å²) < 4.78 is 0. The van der Waals surface area contributed by atoms with E-state index in [-0.39, 0.29) is 0 Å². The van der Waals surface area contributed by atoms with E-state index >= 15 is 0 Å². The molecule has 0 bridgehead atoms. The number of aromatic amines is 1. The molecule has 1 N–H and O–H groups in total. The number of nitrogens with one attached hydrogen (secondary N) is 1. The Hall–Kier alpha value is -1.06. The molecule has 0 aliphatic rings. The summed E-state index contributed by atoms with van der Waals surface area (Å²) in [5.74, 6) is 0.384. The molecule has 0 fully saturated rings. The third-order valence-electron chi connectivity index (χ3n) is 2.83. The number of aromatic nitrogens is 3. The molecule has 2 rings (SSSR count). The van der Waals surface area contributed by atoms with Gasteiger partial charge in [-0.2, -0.15) is 15.4 Å². The lowest BCUT2D eigenvalue weighted by Gasteiger charge is -2.14. The van der Waals surface area contributed by atoms with Crippen molar-refractivity contribution in [3.05, 3.63) is 45.7 Å². The predicted molar refractivity (Wildman–Crippen MR) is 69.6 cm³/mol. The number of benzene rings is 1. The van der Waals surface area contributed by atoms with Gasteiger partial charge in [0.05, 0.1) is 21.9 Å². The number of H-pyrrole nitrogens is 1. The highest BCUT2D eigenvalue weighted by atomic mass is 35.5. The van der Waals surface area contributed by atoms with Crippen molar-refractivity contribution in [2.24, 2.45) is 0 Å². The van der Waals surface area contributed by atoms with Crippen LogP contribution in [0.25, 0.3) is 0 Å². The number of rotatable bonds is 4. The molecule has 0 amide bonds. The van der Waals surface area contributed by atoms with Crippen LogP contribution in [0.2, 0.25) is 10.0 Å². The smallest absolute Gasteiger partial charge is 0.0830 e. The molecule has 0 aliphatic carbocycles. The topological polar surface area (TPSA) is 41.6 Å². The summed E-state index contributed by atoms with van der Waals surface area (Å²) in [6.07, 6.45) is 3.62. The van der Waals surface area contributed by atoms with Crippen LogP contribution < -0.4 is 0 Å². The Balaban J connectivity index is 2.20. The van der Waals surface area contributed by atoms with E-state index in [0.29, 0.717) is 16.0 Å². The second-order valence-electron chi connectivity index (χ2n) is 3.94. The first-order valence-electron chi connectivity index (χ1n) is 5.50. The van der Waals surface area contributed by atoms with Gasteiger partial charge in [0.15, 0.2) is 0 Å². The Labute approximate surface area is 110 Å². The summed E-state index contributed by atoms with van der Waals surface area (Å²) in [4.78, 5) is 0. The van der Waals surface area contributed by atoms with E-state index in [1.807, 2.05) is 18.2 Å². The highest BCUT2D eigenvalue weighted by molar-refractivity contribution is 6.42. The highest BCUT2D eigenvalue weighted by Crippen LogP contribution is 2.29. The van der Waals surface area contributed by atoms with Crippen LogP contribution in [-0.4, -0.2) is 15.4 Å². The van der Waals surface area contributed by atoms with E-state index < -0.39 is 0 Å². The molecular formula is C12H13Cl2N3. The van der Waals surface area contributed by atoms with E-state index in [0.717, 1.165) is 18.5 Å². The summed E-state index contributed by atoms with van der Waals surface area (Å²) in [7, 11) is 0. The molecule has 1 heterocycles. The van der Waals surface area contributed by atoms with E-state index in [1.165, 1.54) is 5.56 Å². The number of hydrogen-bond donors (Lipinski definition) is 1. The molecule has 1 atom stereocenters. The van der Waals surface area contributed by atoms with Crippen LogP contribution in [-0.2, 0) is 6.42 Å². The third-order valence-corrected chi connectivity index (χ3v) is 3.57. The lowest BCUT2D eigenvalue weighted by atomic mass is 9.92. The molecule has 0 spiro atoms. The lowest BCUT2D eigenvalue weighted by Crippen LogP contribution is -2.02. The maximum atomic E-state index is 6.03. The number of nitrogens with zero attached hydrogens (tertiary/aromatic N) is 2. The van der Waals surface area contributed by atoms with Gasteiger partial charge in [-0.25, -0.2) is 0 Å². The summed E-state index contributed by atoms with van der Waals surface area (Å²) >= 11 is 11.9. The van der Waals surface area contributed by atoms with Gasteiger partial charge in [-0.3, -0.25) is 0 Å². The second-order valence-corrected chi connectivity index (χ2v) is 4.76. The molecule has 1 aromatic heterocycles. The zero-order valence-corrected chi connectivity index (χ0v) is 11.0. The summed E-state index contributed by atoms with van der Waals surface area (Å²) in [5, 5.41) is 11.7. The van der Waals surface area contributed by atoms with Crippen molar-refractivity contribution in [2.75, 3.05) is 0 Å². The quantitative estimate of drug-likeness (QED) is 0.916. The van der Waals surface area contributed by atoms with E-state index in [9.17, 15) is 0 Å². The first-order valence-corrected chi connectivity index (χ1v) is 6.26. The molecule has 1 aromatic carbocycles. The fourth-order valence-electron chi connectivity index (χ4n) is 1.84. The van der Waals surface area contributed by atoms with Crippen molar-refractivity contribution in [2.45, 2.75) is 25.7 Å². The number of hydrogen-bond acceptors (Lipinski definition) is 2. The zero-order valence-electron chi connectivity index (χ0n) is 9.45. The van der Waals surface area contributed by atoms with E-state index in [1.54, 1.807) is 6.20 Å². The van der Waals surface area contributed by atoms with Gasteiger partial charge in [-0.1, -0.05) is 36.2 Å². The largest absolute Gasteiger partial charge is 0.198 e. The average Bonchev–Trinajstić information content (AvgIpc) is 2.82. The van der Waals surface area contributed by atoms with Crippen LogP contribution in [0.15, 0.2) is 24.4 Å². The predicted octanol–water partition coefficient (Wildman–Crippen LogP) is 3.85. The maximum Gasteiger partial charge on any atom is 0.0830 e. The molecule has 0 aliphatic heterocycles. The van der Waals surface area contributed by atoms with E-state index in [2.05, 4.69) is 22.3 Å². The molecule has 2 aromatic rings. The standard InChI is InChI=1S/C12H13Cl2N3/c1-2-8(5-10-7-15-17-16-10)9-3-4-11(13)12(14)6-9/h3-4,6-8H,2,5H2,1H3,(H,15,16,17). The molecule has 90 valence electrons. The van der Waals surface area contributed by atoms with Gasteiger partial charge in [-0.05, 0) is 36.5 Å². The Kier molecular flexibility index (Phi) is 4.02. The molecule has 3 nitrogen and oxygen atoms in total. The first-order chi connectivity index (χ1) is 8.20. The Morgan fingerprint density at radius 2 is 2.12 bits per heavy atom. The minimum Gasteiger partial charge on any atom is -0.198 e. The number of halogens is 2. The van der Waals surface area contributed by atoms with E-state index in [4.69, 9.17) is 23.2 Å². The Morgan fingerprint density at radius 1 is 1.29 bits per heavy atom. The minimum atomic E-state index is 0.384. The SMILES string of the molecule is CCC(Cc1cn[nH]n1)c1ccc(Cl)c(Cl)c1. The van der Waals surface area contributed by atoms with Gasteiger partial charge in [0.1, 0.15) is 0 Å². The van der Waals surface area contributed by atoms with Gasteiger partial charge in [0.2, 0.25) is 0 Å². The molecule has 0 saturated heterocycles. The third kappa shape index (κ3) is 2.99. The normalized spacial score (nSPS) is 12.6. The van der Waals surface area contributed by atoms with Crippen LogP contribution in [0.5, 0.6) is 0 Å². The minimum absolute atomic E-state index is 0.384. The van der Waals surface area contributed by atoms with Crippen LogP contribution in [0.4, 0.5) is 0 Å². The van der Waals surface area contributed by atoms with Crippen LogP contribution in [0, 0.1) is 0 Å². The maximum absolute atomic E-state index is 6.03. The summed E-state index contributed by atoms with van der Waals surface area (Å²) in [5.41, 5.74) is 2.15. The van der Waals surface area contributed by atoms with Gasteiger partial charge in [0, 0.05) is 0 Å². The Morgan fingerprint density at radius 3 is 2.71 bits per heavy atom. The van der Waals surface area contributed by atoms with Crippen LogP contribution in [0.3, 0.4) is 0 Å². The second kappa shape index (κ2) is 5.52. The van der Waals surface area contributed by atoms with Gasteiger partial charge < -0.3 is 0 Å². The molecule has 17 heavy (non-hydrogen) atoms. The fraction of sp³-hybridized carbons (Fsp3) is 0.333. The van der Waals surface area contributed by atoms with Crippen molar-refractivity contribution in [3.63, 3.8) is 0 Å². The monoisotopic (exact) mass is 269 g/mol. The molecule has 1 unspecified atom stereocenters. The van der Waals surface area contributed by atoms with Gasteiger partial charge in [-0.15, -0.1) is 0 Å². The highest BCUT2D eigenvalue weighted by Gasteiger charge is 2.13. The first kappa shape index (κ1) is 12.4. The van der Waals surface area contributed by atoms with Crippen LogP contribution >= 0.6 is 23.2 Å². The average molecular weight is 270 g/mol. The Bertz CT molecular complexity index is 483.